The first-order chi connectivity index (χ1) is 16.4. The van der Waals surface area contributed by atoms with Gasteiger partial charge in [0.2, 0.25) is 5.88 Å². The molecule has 2 unspecified atom stereocenters. The molecule has 0 spiro atoms. The van der Waals surface area contributed by atoms with Crippen molar-refractivity contribution in [2.24, 2.45) is 16.1 Å². The Morgan fingerprint density at radius 2 is 1.85 bits per heavy atom. The van der Waals surface area contributed by atoms with Crippen LogP contribution in [0, 0.1) is 12.8 Å². The van der Waals surface area contributed by atoms with Gasteiger partial charge in [-0.3, -0.25) is 4.79 Å². The summed E-state index contributed by atoms with van der Waals surface area (Å²) in [7, 11) is 0. The molecule has 2 atom stereocenters. The lowest BCUT2D eigenvalue weighted by Crippen LogP contribution is -2.23. The van der Waals surface area contributed by atoms with E-state index in [0.717, 1.165) is 18.4 Å². The van der Waals surface area contributed by atoms with Gasteiger partial charge < -0.3 is 20.3 Å². The topological polar surface area (TPSA) is 118 Å². The number of carboxylic acid groups (broad SMARTS) is 1. The number of carbonyl (C=O) groups is 1. The summed E-state index contributed by atoms with van der Waals surface area (Å²) in [4.78, 5) is 13.8. The largest absolute Gasteiger partial charge is 0.493 e. The Kier molecular flexibility index (Phi) is 7.23. The van der Waals surface area contributed by atoms with Crippen molar-refractivity contribution in [3.8, 4) is 5.88 Å². The van der Waals surface area contributed by atoms with Crippen LogP contribution >= 0.6 is 0 Å². The third kappa shape index (κ3) is 5.26. The highest BCUT2D eigenvalue weighted by molar-refractivity contribution is 5.96. The third-order valence-electron chi connectivity index (χ3n) is 6.31. The minimum Gasteiger partial charge on any atom is -0.493 e. The summed E-state index contributed by atoms with van der Waals surface area (Å²) in [5, 5.41) is 39.6. The fraction of sp³-hybridized carbons (Fsp3) is 0.296. The second kappa shape index (κ2) is 10.5. The van der Waals surface area contributed by atoms with Crippen molar-refractivity contribution in [3.05, 3.63) is 83.1 Å². The van der Waals surface area contributed by atoms with E-state index in [9.17, 15) is 15.0 Å². The van der Waals surface area contributed by atoms with Gasteiger partial charge in [-0.05, 0) is 61.4 Å². The molecule has 7 heteroatoms. The van der Waals surface area contributed by atoms with Gasteiger partial charge in [-0.15, -0.1) is 5.11 Å². The molecule has 0 radical (unpaired) electrons. The molecule has 3 aromatic rings. The van der Waals surface area contributed by atoms with Gasteiger partial charge in [0.1, 0.15) is 6.10 Å². The number of aromatic nitrogens is 1. The Morgan fingerprint density at radius 3 is 2.65 bits per heavy atom. The number of hydrogen-bond donors (Lipinski definition) is 4. The molecule has 2 aromatic carbocycles. The standard InChI is InChI=1S/C27H29N3O4/c1-17-7-2-3-8-18(17)15-16-20-11-5-13-22(26(20)33)29-30-25-24-19(10-6-14-23(31)32)9-4-12-21(24)28-27(25)34/h2-5,7-9,11-13,20,26,28,33-34H,6,10,14-16H2,1H3,(H,31,32). The van der Waals surface area contributed by atoms with E-state index < -0.39 is 12.1 Å². The van der Waals surface area contributed by atoms with E-state index in [4.69, 9.17) is 5.11 Å². The van der Waals surface area contributed by atoms with Crippen molar-refractivity contribution in [1.82, 2.24) is 4.98 Å². The summed E-state index contributed by atoms with van der Waals surface area (Å²) in [5.41, 5.74) is 4.82. The van der Waals surface area contributed by atoms with E-state index >= 15 is 0 Å². The second-order valence-electron chi connectivity index (χ2n) is 8.66. The summed E-state index contributed by atoms with van der Waals surface area (Å²) in [5.74, 6) is -1.03. The van der Waals surface area contributed by atoms with Gasteiger partial charge in [0, 0.05) is 17.7 Å². The molecule has 176 valence electrons. The Morgan fingerprint density at radius 1 is 1.06 bits per heavy atom. The highest BCUT2D eigenvalue weighted by atomic mass is 16.4. The van der Waals surface area contributed by atoms with Crippen LogP contribution in [-0.4, -0.2) is 32.4 Å². The summed E-state index contributed by atoms with van der Waals surface area (Å²) in [6.45, 7) is 2.09. The quantitative estimate of drug-likeness (QED) is 0.305. The van der Waals surface area contributed by atoms with Gasteiger partial charge in [-0.1, -0.05) is 48.6 Å². The number of aliphatic hydroxyl groups excluding tert-OH is 1. The number of aromatic amines is 1. The maximum absolute atomic E-state index is 10.9. The van der Waals surface area contributed by atoms with Crippen LogP contribution in [0.4, 0.5) is 5.69 Å². The molecule has 0 fully saturated rings. The van der Waals surface area contributed by atoms with Gasteiger partial charge >= 0.3 is 5.97 Å². The van der Waals surface area contributed by atoms with Crippen LogP contribution in [0.3, 0.4) is 0 Å². The van der Waals surface area contributed by atoms with Gasteiger partial charge in [0.25, 0.3) is 0 Å². The summed E-state index contributed by atoms with van der Waals surface area (Å²) in [6, 6.07) is 13.8. The zero-order valence-electron chi connectivity index (χ0n) is 19.1. The van der Waals surface area contributed by atoms with Crippen LogP contribution in [-0.2, 0) is 17.6 Å². The van der Waals surface area contributed by atoms with Crippen LogP contribution in [0.5, 0.6) is 5.88 Å². The highest BCUT2D eigenvalue weighted by Crippen LogP contribution is 2.39. The van der Waals surface area contributed by atoms with E-state index in [0.29, 0.717) is 35.1 Å². The normalized spacial score (nSPS) is 18.0. The predicted octanol–water partition coefficient (Wildman–Crippen LogP) is 5.74. The monoisotopic (exact) mass is 459 g/mol. The van der Waals surface area contributed by atoms with Crippen LogP contribution in [0.1, 0.15) is 36.0 Å². The fourth-order valence-electron chi connectivity index (χ4n) is 4.41. The minimum atomic E-state index is -0.841. The lowest BCUT2D eigenvalue weighted by Gasteiger charge is -2.22. The number of hydrogen-bond acceptors (Lipinski definition) is 5. The van der Waals surface area contributed by atoms with E-state index in [1.54, 1.807) is 6.08 Å². The molecule has 1 aromatic heterocycles. The summed E-state index contributed by atoms with van der Waals surface area (Å²) >= 11 is 0. The first kappa shape index (κ1) is 23.4. The average Bonchev–Trinajstić information content (AvgIpc) is 3.14. The van der Waals surface area contributed by atoms with E-state index in [2.05, 4.69) is 34.3 Å². The maximum atomic E-state index is 10.9. The lowest BCUT2D eigenvalue weighted by atomic mass is 9.89. The first-order valence-corrected chi connectivity index (χ1v) is 11.5. The van der Waals surface area contributed by atoms with Crippen molar-refractivity contribution in [2.45, 2.75) is 45.1 Å². The Bertz CT molecular complexity index is 1270. The molecule has 34 heavy (non-hydrogen) atoms. The minimum absolute atomic E-state index is 0.0684. The summed E-state index contributed by atoms with van der Waals surface area (Å²) < 4.78 is 0. The molecule has 1 heterocycles. The van der Waals surface area contributed by atoms with Crippen LogP contribution in [0.25, 0.3) is 10.9 Å². The number of rotatable bonds is 9. The van der Waals surface area contributed by atoms with E-state index in [-0.39, 0.29) is 18.2 Å². The number of aryl methyl sites for hydroxylation is 3. The Balaban J connectivity index is 1.51. The number of aliphatic hydroxyl groups is 1. The number of allylic oxidation sites excluding steroid dienone is 2. The van der Waals surface area contributed by atoms with Crippen molar-refractivity contribution in [1.29, 1.82) is 0 Å². The zero-order chi connectivity index (χ0) is 24.1. The molecule has 0 aliphatic heterocycles. The molecule has 0 saturated heterocycles. The lowest BCUT2D eigenvalue weighted by molar-refractivity contribution is -0.137. The molecule has 0 bridgehead atoms. The molecule has 1 aliphatic carbocycles. The molecule has 1 aliphatic rings. The first-order valence-electron chi connectivity index (χ1n) is 11.5. The van der Waals surface area contributed by atoms with Crippen LogP contribution in [0.2, 0.25) is 0 Å². The van der Waals surface area contributed by atoms with Gasteiger partial charge in [0.05, 0.1) is 11.2 Å². The number of benzene rings is 2. The van der Waals surface area contributed by atoms with Crippen molar-refractivity contribution >= 4 is 22.6 Å². The Hall–Kier alpha value is -3.71. The molecule has 0 saturated carbocycles. The van der Waals surface area contributed by atoms with Crippen molar-refractivity contribution in [2.75, 3.05) is 0 Å². The molecule has 0 amide bonds. The van der Waals surface area contributed by atoms with Crippen molar-refractivity contribution in [3.63, 3.8) is 0 Å². The predicted molar refractivity (Wildman–Crippen MR) is 131 cm³/mol. The highest BCUT2D eigenvalue weighted by Gasteiger charge is 2.24. The smallest absolute Gasteiger partial charge is 0.303 e. The summed E-state index contributed by atoms with van der Waals surface area (Å²) in [6.07, 6.45) is 7.54. The van der Waals surface area contributed by atoms with Gasteiger partial charge in [-0.25, -0.2) is 0 Å². The van der Waals surface area contributed by atoms with E-state index in [1.807, 2.05) is 42.5 Å². The van der Waals surface area contributed by atoms with Gasteiger partial charge in [0.15, 0.2) is 5.69 Å². The van der Waals surface area contributed by atoms with Crippen LogP contribution < -0.4 is 0 Å². The number of aromatic hydroxyl groups is 1. The van der Waals surface area contributed by atoms with Gasteiger partial charge in [-0.2, -0.15) is 5.11 Å². The zero-order valence-corrected chi connectivity index (χ0v) is 19.1. The van der Waals surface area contributed by atoms with E-state index in [1.165, 1.54) is 11.1 Å². The SMILES string of the molecule is Cc1ccccc1CCC1C=CC=C(N=Nc2c(O)[nH]c3cccc(CCCC(=O)O)c23)C1O. The van der Waals surface area contributed by atoms with Crippen molar-refractivity contribution < 1.29 is 20.1 Å². The molecular weight excluding hydrogens is 430 g/mol. The number of azo groups is 1. The van der Waals surface area contributed by atoms with Crippen LogP contribution in [0.15, 0.2) is 76.6 Å². The fourth-order valence-corrected chi connectivity index (χ4v) is 4.41. The number of nitrogens with one attached hydrogen (secondary N) is 1. The number of carboxylic acids is 1. The third-order valence-corrected chi connectivity index (χ3v) is 6.31. The number of fused-ring (bicyclic) bond motifs is 1. The average molecular weight is 460 g/mol. The maximum Gasteiger partial charge on any atom is 0.303 e. The number of aliphatic carboxylic acids is 1. The molecule has 4 rings (SSSR count). The Labute approximate surface area is 198 Å². The second-order valence-corrected chi connectivity index (χ2v) is 8.66. The number of H-pyrrole nitrogens is 1. The molecule has 4 N–H and O–H groups in total. The molecular formula is C27H29N3O4. The molecule has 7 nitrogen and oxygen atoms in total. The number of nitrogens with zero attached hydrogens (tertiary/aromatic N) is 2.